The summed E-state index contributed by atoms with van der Waals surface area (Å²) in [4.78, 5) is 161. The van der Waals surface area contributed by atoms with Crippen molar-refractivity contribution in [1.29, 1.82) is 0 Å². The molecule has 0 fully saturated rings. The maximum absolute atomic E-state index is 14.5. The smallest absolute Gasteiger partial charge is 0.317 e. The van der Waals surface area contributed by atoms with Crippen molar-refractivity contribution < 1.29 is 63.0 Å². The molecule has 0 saturated carbocycles. The van der Waals surface area contributed by atoms with Gasteiger partial charge in [-0.1, -0.05) is 121 Å². The largest absolute Gasteiger partial charge is 0.481 e. The van der Waals surface area contributed by atoms with E-state index in [1.165, 1.54) is 16.7 Å². The van der Waals surface area contributed by atoms with Crippen LogP contribution in [0, 0.1) is 0 Å². The molecule has 28 nitrogen and oxygen atoms in total. The standard InChI is InChI=1S/C66H89Cl2N15O13/c1-44(84)40-82(41-57(87)75-51(34-45-16-6-2-7-17-45)61(93)79-53(36-47-20-10-4-11-21-47)63(95)77-49(55(85)38-67)24-14-27-73-65(69)70)32-30-81(29-26-59(89)90)31-33-83(43-60(91)92)42-58(88)76-52(35-46-18-8-3-9-19-46)62(94)80-54(37-48-22-12-5-13-23-48)64(96)78-50(56(86)39-68)25-15-28-74-66(71)72/h2-13,16-23,49-54H,14-15,24-43H2,1H3,(H,75,87)(H,76,88)(H,77,95)(H,78,96)(H,79,93)(H,80,94)(H,89,90)(H,91,92)(H4,69,70,73)(H4,71,72,74). The molecular weight excluding hydrogens is 1280 g/mol. The second kappa shape index (κ2) is 43.6. The first-order valence-corrected chi connectivity index (χ1v) is 32.3. The zero-order chi connectivity index (χ0) is 70.4. The molecule has 0 saturated heterocycles. The van der Waals surface area contributed by atoms with Gasteiger partial charge < -0.3 is 69.9 Å². The number of aliphatic imine (C=N–C) groups is 2. The molecule has 30 heteroatoms. The number of hydrogen-bond acceptors (Lipinski definition) is 16. The zero-order valence-electron chi connectivity index (χ0n) is 53.8. The number of carboxylic acid groups (broad SMARTS) is 2. The number of ketones is 3. The summed E-state index contributed by atoms with van der Waals surface area (Å²) in [6.45, 7) is -0.601. The molecule has 4 rings (SSSR count). The van der Waals surface area contributed by atoms with E-state index >= 15 is 0 Å². The van der Waals surface area contributed by atoms with Gasteiger partial charge in [-0.2, -0.15) is 0 Å². The number of carbonyl (C=O) groups is 11. The van der Waals surface area contributed by atoms with Crippen LogP contribution in [-0.2, 0) is 78.4 Å². The Labute approximate surface area is 568 Å². The minimum atomic E-state index is -1.34. The third-order valence-electron chi connectivity index (χ3n) is 14.9. The lowest BCUT2D eigenvalue weighted by molar-refractivity contribution is -0.139. The Hall–Kier alpha value is -9.35. The van der Waals surface area contributed by atoms with Crippen LogP contribution in [0.1, 0.15) is 61.3 Å². The Bertz CT molecular complexity index is 3020. The molecule has 0 aromatic heterocycles. The number of hydrogen-bond donors (Lipinski definition) is 12. The van der Waals surface area contributed by atoms with Crippen LogP contribution in [0.3, 0.4) is 0 Å². The number of halogens is 2. The highest BCUT2D eigenvalue weighted by atomic mass is 35.5. The highest BCUT2D eigenvalue weighted by Crippen LogP contribution is 2.13. The maximum Gasteiger partial charge on any atom is 0.317 e. The summed E-state index contributed by atoms with van der Waals surface area (Å²) >= 11 is 11.9. The summed E-state index contributed by atoms with van der Waals surface area (Å²) in [6.07, 6.45) is 0.300. The molecule has 96 heavy (non-hydrogen) atoms. The summed E-state index contributed by atoms with van der Waals surface area (Å²) in [7, 11) is 0. The van der Waals surface area contributed by atoms with Crippen LogP contribution in [-0.4, -0.2) is 222 Å². The van der Waals surface area contributed by atoms with Gasteiger partial charge in [0.1, 0.15) is 30.0 Å². The Kier molecular flexibility index (Phi) is 35.9. The Morgan fingerprint density at radius 1 is 0.406 bits per heavy atom. The van der Waals surface area contributed by atoms with Crippen molar-refractivity contribution >= 4 is 99.9 Å². The number of nitrogens with zero attached hydrogens (tertiary/aromatic N) is 5. The predicted molar refractivity (Wildman–Crippen MR) is 363 cm³/mol. The van der Waals surface area contributed by atoms with Gasteiger partial charge in [-0.15, -0.1) is 23.2 Å². The number of nitrogens with one attached hydrogen (secondary N) is 6. The van der Waals surface area contributed by atoms with E-state index in [1.54, 1.807) is 126 Å². The van der Waals surface area contributed by atoms with Gasteiger partial charge in [0.15, 0.2) is 23.5 Å². The summed E-state index contributed by atoms with van der Waals surface area (Å²) in [5.74, 6) is -9.38. The third kappa shape index (κ3) is 32.2. The quantitative estimate of drug-likeness (QED) is 0.0116. The van der Waals surface area contributed by atoms with E-state index in [0.717, 1.165) is 0 Å². The molecule has 6 atom stereocenters. The molecule has 0 heterocycles. The Morgan fingerprint density at radius 2 is 0.708 bits per heavy atom. The van der Waals surface area contributed by atoms with Crippen LogP contribution in [0.25, 0.3) is 0 Å². The van der Waals surface area contributed by atoms with Gasteiger partial charge in [0.05, 0.1) is 56.4 Å². The molecule has 4 aromatic carbocycles. The summed E-state index contributed by atoms with van der Waals surface area (Å²) in [6, 6.07) is 27.6. The van der Waals surface area contributed by atoms with Crippen molar-refractivity contribution in [3.05, 3.63) is 144 Å². The Balaban J connectivity index is 1.54. The van der Waals surface area contributed by atoms with Crippen LogP contribution in [0.2, 0.25) is 0 Å². The van der Waals surface area contributed by atoms with Crippen LogP contribution in [0.4, 0.5) is 0 Å². The molecule has 0 spiro atoms. The fourth-order valence-corrected chi connectivity index (χ4v) is 10.5. The number of rotatable bonds is 47. The van der Waals surface area contributed by atoms with Crippen LogP contribution < -0.4 is 54.8 Å². The van der Waals surface area contributed by atoms with Crippen molar-refractivity contribution in [2.45, 2.75) is 101 Å². The van der Waals surface area contributed by atoms with E-state index in [0.29, 0.717) is 35.1 Å². The monoisotopic (exact) mass is 1370 g/mol. The topological polar surface area (TPSA) is 439 Å². The van der Waals surface area contributed by atoms with Crippen molar-refractivity contribution in [2.75, 3.05) is 83.8 Å². The minimum absolute atomic E-state index is 0.0163. The molecular formula is C66H89Cl2N15O13. The number of guanidine groups is 2. The molecule has 6 unspecified atom stereocenters. The first-order valence-electron chi connectivity index (χ1n) is 31.3. The molecule has 0 bridgehead atoms. The lowest BCUT2D eigenvalue weighted by Gasteiger charge is -2.30. The van der Waals surface area contributed by atoms with Crippen LogP contribution in [0.15, 0.2) is 131 Å². The number of nitrogens with two attached hydrogens (primary N) is 4. The maximum atomic E-state index is 14.5. The van der Waals surface area contributed by atoms with E-state index in [9.17, 15) is 63.0 Å². The highest BCUT2D eigenvalue weighted by molar-refractivity contribution is 6.29. The number of carboxylic acids is 2. The predicted octanol–water partition coefficient (Wildman–Crippen LogP) is -0.357. The summed E-state index contributed by atoms with van der Waals surface area (Å²) < 4.78 is 0. The SMILES string of the molecule is CC(=O)CN(CCN(CCC(=O)O)CCN(CC(=O)O)CC(=O)NC(Cc1ccccc1)C(=O)NC(Cc1ccccc1)C(=O)NC(CCCN=C(N)N)C(=O)CCl)CC(=O)NC(Cc1ccccc1)C(=O)NC(Cc1ccccc1)C(=O)NC(CCCN=C(N)N)C(=O)CCl. The van der Waals surface area contributed by atoms with E-state index in [1.807, 2.05) is 0 Å². The molecule has 16 N–H and O–H groups in total. The third-order valence-corrected chi connectivity index (χ3v) is 15.4. The second-order valence-electron chi connectivity index (χ2n) is 22.8. The van der Waals surface area contributed by atoms with Gasteiger partial charge >= 0.3 is 11.9 Å². The number of carbonyl (C=O) groups excluding carboxylic acids is 9. The van der Waals surface area contributed by atoms with E-state index in [2.05, 4.69) is 41.9 Å². The molecule has 0 radical (unpaired) electrons. The number of benzene rings is 4. The average Bonchev–Trinajstić information content (AvgIpc) is 1.03. The molecule has 6 amide bonds. The summed E-state index contributed by atoms with van der Waals surface area (Å²) in [5, 5.41) is 36.3. The van der Waals surface area contributed by atoms with Gasteiger partial charge in [-0.25, -0.2) is 0 Å². The fraction of sp³-hybridized carbons (Fsp3) is 0.439. The van der Waals surface area contributed by atoms with E-state index in [4.69, 9.17) is 46.1 Å². The molecule has 520 valence electrons. The van der Waals surface area contributed by atoms with Crippen molar-refractivity contribution in [3.63, 3.8) is 0 Å². The van der Waals surface area contributed by atoms with Gasteiger partial charge in [0, 0.05) is 71.5 Å². The van der Waals surface area contributed by atoms with Gasteiger partial charge in [-0.3, -0.25) is 72.5 Å². The Morgan fingerprint density at radius 3 is 1.00 bits per heavy atom. The lowest BCUT2D eigenvalue weighted by atomic mass is 10.0. The second-order valence-corrected chi connectivity index (χ2v) is 23.4. The van der Waals surface area contributed by atoms with E-state index < -0.39 is 127 Å². The molecule has 0 aliphatic rings. The number of aliphatic carboxylic acids is 2. The van der Waals surface area contributed by atoms with Crippen LogP contribution in [0.5, 0.6) is 0 Å². The first kappa shape index (κ1) is 79.1. The number of Topliss-reactive ketones (excluding diaryl/α,β-unsaturated/α-hetero) is 3. The van der Waals surface area contributed by atoms with Crippen LogP contribution >= 0.6 is 23.2 Å². The van der Waals surface area contributed by atoms with Gasteiger partial charge in [0.25, 0.3) is 0 Å². The highest BCUT2D eigenvalue weighted by Gasteiger charge is 2.33. The van der Waals surface area contributed by atoms with Crippen molar-refractivity contribution in [1.82, 2.24) is 46.6 Å². The van der Waals surface area contributed by atoms with Gasteiger partial charge in [0.2, 0.25) is 35.4 Å². The normalized spacial score (nSPS) is 12.9. The van der Waals surface area contributed by atoms with Gasteiger partial charge in [-0.05, 0) is 54.9 Å². The zero-order valence-corrected chi connectivity index (χ0v) is 55.3. The number of alkyl halides is 2. The van der Waals surface area contributed by atoms with E-state index in [-0.39, 0.29) is 115 Å². The minimum Gasteiger partial charge on any atom is -0.481 e. The summed E-state index contributed by atoms with van der Waals surface area (Å²) in [5.41, 5.74) is 24.4. The molecule has 0 aliphatic heterocycles. The number of amides is 6. The lowest BCUT2D eigenvalue weighted by Crippen LogP contribution is -2.57. The molecule has 0 aliphatic carbocycles. The average molecular weight is 1370 g/mol. The van der Waals surface area contributed by atoms with Crippen molar-refractivity contribution in [2.24, 2.45) is 32.9 Å². The first-order chi connectivity index (χ1) is 45.9. The fourth-order valence-electron chi connectivity index (χ4n) is 10.1. The molecule has 4 aromatic rings. The van der Waals surface area contributed by atoms with Crippen molar-refractivity contribution in [3.8, 4) is 0 Å².